The number of fused-ring (bicyclic) bond motifs is 2. The van der Waals surface area contributed by atoms with E-state index in [2.05, 4.69) is 10.3 Å². The number of carbonyl (C=O) groups excluding carboxylic acids is 1. The third-order valence-electron chi connectivity index (χ3n) is 5.00. The van der Waals surface area contributed by atoms with E-state index in [1.54, 1.807) is 4.57 Å². The monoisotopic (exact) mass is 466 g/mol. The number of alkyl halides is 3. The SMILES string of the molecule is O=C(CNS(=O)(=O)c1ccccc1C(F)(F)F)Nc1ccc2c(=O)n3c(nc2c1)CCC3. The number of carbonyl (C=O) groups is 1. The summed E-state index contributed by atoms with van der Waals surface area (Å²) in [5, 5.41) is 2.84. The summed E-state index contributed by atoms with van der Waals surface area (Å²) in [4.78, 5) is 28.2. The molecule has 0 aliphatic carbocycles. The summed E-state index contributed by atoms with van der Waals surface area (Å²) in [5.41, 5.74) is -0.836. The Morgan fingerprint density at radius 1 is 1.16 bits per heavy atom. The van der Waals surface area contributed by atoms with Crippen molar-refractivity contribution < 1.29 is 26.4 Å². The molecule has 2 heterocycles. The maximum absolute atomic E-state index is 13.1. The first-order valence-electron chi connectivity index (χ1n) is 9.55. The summed E-state index contributed by atoms with van der Waals surface area (Å²) in [7, 11) is -4.60. The number of rotatable bonds is 5. The molecule has 0 bridgehead atoms. The fourth-order valence-corrected chi connectivity index (χ4v) is 4.75. The second-order valence-corrected chi connectivity index (χ2v) is 8.92. The summed E-state index contributed by atoms with van der Waals surface area (Å²) in [6.07, 6.45) is -3.38. The molecule has 0 saturated heterocycles. The van der Waals surface area contributed by atoms with Gasteiger partial charge in [-0.2, -0.15) is 13.2 Å². The smallest absolute Gasteiger partial charge is 0.325 e. The number of nitrogens with zero attached hydrogens (tertiary/aromatic N) is 2. The molecule has 0 unspecified atom stereocenters. The molecule has 0 fully saturated rings. The standard InChI is InChI=1S/C20H17F3N4O4S/c21-20(22,23)14-4-1-2-5-16(14)32(30,31)24-11-18(28)25-12-7-8-13-15(10-12)26-17-6-3-9-27(17)19(13)29/h1-2,4-5,7-8,10,24H,3,6,9,11H2,(H,25,28). The first-order chi connectivity index (χ1) is 15.1. The third-order valence-corrected chi connectivity index (χ3v) is 6.46. The zero-order chi connectivity index (χ0) is 23.1. The molecule has 1 aliphatic rings. The van der Waals surface area contributed by atoms with Crippen LogP contribution in [0.5, 0.6) is 0 Å². The van der Waals surface area contributed by atoms with Crippen molar-refractivity contribution in [3.63, 3.8) is 0 Å². The minimum absolute atomic E-state index is 0.170. The number of benzene rings is 2. The van der Waals surface area contributed by atoms with Gasteiger partial charge in [-0.3, -0.25) is 14.2 Å². The third kappa shape index (κ3) is 4.23. The zero-order valence-electron chi connectivity index (χ0n) is 16.4. The van der Waals surface area contributed by atoms with E-state index in [9.17, 15) is 31.2 Å². The van der Waals surface area contributed by atoms with E-state index in [0.29, 0.717) is 35.8 Å². The van der Waals surface area contributed by atoms with Crippen molar-refractivity contribution in [2.75, 3.05) is 11.9 Å². The average Bonchev–Trinajstić information content (AvgIpc) is 3.21. The largest absolute Gasteiger partial charge is 0.417 e. The van der Waals surface area contributed by atoms with Crippen molar-refractivity contribution in [1.29, 1.82) is 0 Å². The molecule has 1 aromatic heterocycles. The highest BCUT2D eigenvalue weighted by atomic mass is 32.2. The van der Waals surface area contributed by atoms with Gasteiger partial charge < -0.3 is 5.32 Å². The Hall–Kier alpha value is -3.25. The lowest BCUT2D eigenvalue weighted by Gasteiger charge is -2.13. The van der Waals surface area contributed by atoms with Gasteiger partial charge >= 0.3 is 6.18 Å². The molecule has 12 heteroatoms. The molecular formula is C20H17F3N4O4S. The fourth-order valence-electron chi connectivity index (χ4n) is 3.54. The van der Waals surface area contributed by atoms with Crippen molar-refractivity contribution in [2.24, 2.45) is 0 Å². The number of hydrogen-bond donors (Lipinski definition) is 2. The van der Waals surface area contributed by atoms with E-state index in [0.717, 1.165) is 24.6 Å². The number of aryl methyl sites for hydroxylation is 1. The molecule has 2 aromatic carbocycles. The van der Waals surface area contributed by atoms with Crippen LogP contribution in [0.15, 0.2) is 52.2 Å². The van der Waals surface area contributed by atoms with E-state index in [-0.39, 0.29) is 11.2 Å². The average molecular weight is 466 g/mol. The lowest BCUT2D eigenvalue weighted by molar-refractivity contribution is -0.139. The number of nitrogens with one attached hydrogen (secondary N) is 2. The van der Waals surface area contributed by atoms with Crippen LogP contribution in [-0.2, 0) is 34.0 Å². The second kappa shape index (κ2) is 8.02. The predicted molar refractivity (Wildman–Crippen MR) is 110 cm³/mol. The van der Waals surface area contributed by atoms with Crippen LogP contribution >= 0.6 is 0 Å². The number of amides is 1. The Morgan fingerprint density at radius 3 is 2.66 bits per heavy atom. The quantitative estimate of drug-likeness (QED) is 0.600. The van der Waals surface area contributed by atoms with Crippen molar-refractivity contribution in [1.82, 2.24) is 14.3 Å². The predicted octanol–water partition coefficient (Wildman–Crippen LogP) is 2.28. The van der Waals surface area contributed by atoms with Crippen molar-refractivity contribution in [2.45, 2.75) is 30.5 Å². The number of halogens is 3. The molecule has 4 rings (SSSR count). The first-order valence-corrected chi connectivity index (χ1v) is 11.0. The van der Waals surface area contributed by atoms with E-state index in [1.165, 1.54) is 18.2 Å². The maximum Gasteiger partial charge on any atom is 0.417 e. The van der Waals surface area contributed by atoms with E-state index < -0.39 is 39.1 Å². The highest BCUT2D eigenvalue weighted by molar-refractivity contribution is 7.89. The number of aromatic nitrogens is 2. The molecule has 0 atom stereocenters. The van der Waals surface area contributed by atoms with Gasteiger partial charge in [0.15, 0.2) is 0 Å². The molecule has 2 N–H and O–H groups in total. The van der Waals surface area contributed by atoms with Crippen LogP contribution in [0.3, 0.4) is 0 Å². The van der Waals surface area contributed by atoms with Crippen molar-refractivity contribution >= 4 is 32.5 Å². The van der Waals surface area contributed by atoms with Gasteiger partial charge in [-0.05, 0) is 36.8 Å². The number of anilines is 1. The maximum atomic E-state index is 13.1. The lowest BCUT2D eigenvalue weighted by atomic mass is 10.2. The summed E-state index contributed by atoms with van der Waals surface area (Å²) in [5.74, 6) is -0.141. The van der Waals surface area contributed by atoms with Gasteiger partial charge in [-0.1, -0.05) is 12.1 Å². The minimum Gasteiger partial charge on any atom is -0.325 e. The molecule has 168 valence electrons. The first kappa shape index (κ1) is 22.0. The van der Waals surface area contributed by atoms with Gasteiger partial charge in [0.2, 0.25) is 15.9 Å². The Labute approximate surface area is 180 Å². The molecule has 32 heavy (non-hydrogen) atoms. The minimum atomic E-state index is -4.87. The number of hydrogen-bond acceptors (Lipinski definition) is 5. The highest BCUT2D eigenvalue weighted by Crippen LogP contribution is 2.33. The summed E-state index contributed by atoms with van der Waals surface area (Å²) in [6, 6.07) is 8.16. The molecule has 8 nitrogen and oxygen atoms in total. The van der Waals surface area contributed by atoms with Crippen LogP contribution in [0.1, 0.15) is 17.8 Å². The Balaban J connectivity index is 1.49. The molecule has 0 spiro atoms. The zero-order valence-corrected chi connectivity index (χ0v) is 17.3. The molecule has 1 aliphatic heterocycles. The Kier molecular flexibility index (Phi) is 5.51. The van der Waals surface area contributed by atoms with Gasteiger partial charge in [-0.15, -0.1) is 0 Å². The van der Waals surface area contributed by atoms with Gasteiger partial charge in [0, 0.05) is 18.7 Å². The summed E-state index contributed by atoms with van der Waals surface area (Å²) >= 11 is 0. The summed E-state index contributed by atoms with van der Waals surface area (Å²) in [6.45, 7) is -0.181. The topological polar surface area (TPSA) is 110 Å². The second-order valence-electron chi connectivity index (χ2n) is 7.19. The Morgan fingerprint density at radius 2 is 1.91 bits per heavy atom. The van der Waals surface area contributed by atoms with Crippen LogP contribution < -0.4 is 15.6 Å². The van der Waals surface area contributed by atoms with E-state index in [1.807, 2.05) is 4.72 Å². The van der Waals surface area contributed by atoms with Gasteiger partial charge in [0.05, 0.1) is 27.9 Å². The molecule has 3 aromatic rings. The van der Waals surface area contributed by atoms with E-state index >= 15 is 0 Å². The lowest BCUT2D eigenvalue weighted by Crippen LogP contribution is -2.34. The van der Waals surface area contributed by atoms with Crippen LogP contribution in [-0.4, -0.2) is 30.4 Å². The van der Waals surface area contributed by atoms with E-state index in [4.69, 9.17) is 0 Å². The van der Waals surface area contributed by atoms with Crippen molar-refractivity contribution in [3.8, 4) is 0 Å². The normalized spacial score (nSPS) is 13.8. The van der Waals surface area contributed by atoms with Gasteiger partial charge in [0.25, 0.3) is 5.56 Å². The van der Waals surface area contributed by atoms with Crippen LogP contribution in [0.25, 0.3) is 10.9 Å². The van der Waals surface area contributed by atoms with Crippen LogP contribution in [0.4, 0.5) is 18.9 Å². The summed E-state index contributed by atoms with van der Waals surface area (Å²) < 4.78 is 67.5. The molecule has 0 saturated carbocycles. The molecule has 1 amide bonds. The Bertz CT molecular complexity index is 1380. The van der Waals surface area contributed by atoms with Gasteiger partial charge in [-0.25, -0.2) is 18.1 Å². The van der Waals surface area contributed by atoms with Crippen molar-refractivity contribution in [3.05, 3.63) is 64.2 Å². The highest BCUT2D eigenvalue weighted by Gasteiger charge is 2.36. The number of sulfonamides is 1. The fraction of sp³-hybridized carbons (Fsp3) is 0.250. The van der Waals surface area contributed by atoms with Crippen LogP contribution in [0.2, 0.25) is 0 Å². The van der Waals surface area contributed by atoms with Gasteiger partial charge in [0.1, 0.15) is 5.82 Å². The molecular weight excluding hydrogens is 449 g/mol. The molecule has 0 radical (unpaired) electrons. The van der Waals surface area contributed by atoms with Crippen LogP contribution in [0, 0.1) is 0 Å².